The van der Waals surface area contributed by atoms with Crippen molar-refractivity contribution in [1.82, 2.24) is 0 Å². The van der Waals surface area contributed by atoms with Crippen LogP contribution in [0.25, 0.3) is 6.08 Å². The lowest BCUT2D eigenvalue weighted by Crippen LogP contribution is -2.31. The molecule has 2 nitrogen and oxygen atoms in total. The molecule has 0 bridgehead atoms. The van der Waals surface area contributed by atoms with Gasteiger partial charge in [0.2, 0.25) is 0 Å². The van der Waals surface area contributed by atoms with Gasteiger partial charge in [0.1, 0.15) is 11.9 Å². The van der Waals surface area contributed by atoms with Crippen molar-refractivity contribution in [3.8, 4) is 5.75 Å². The minimum Gasteiger partial charge on any atom is -0.485 e. The Balaban J connectivity index is 1.75. The first-order chi connectivity index (χ1) is 9.86. The number of rotatable bonds is 4. The van der Waals surface area contributed by atoms with Gasteiger partial charge in [-0.3, -0.25) is 0 Å². The zero-order valence-electron chi connectivity index (χ0n) is 11.3. The molecule has 0 aromatic heterocycles. The number of aliphatic hydroxyl groups is 1. The molecule has 0 amide bonds. The second kappa shape index (κ2) is 5.93. The SMILES string of the molecule is OCC(Cc1ccccc1)C1C=Cc2ccccc2O1. The summed E-state index contributed by atoms with van der Waals surface area (Å²) in [6, 6.07) is 18.2. The van der Waals surface area contributed by atoms with Gasteiger partial charge in [0.15, 0.2) is 0 Å². The second-order valence-electron chi connectivity index (χ2n) is 5.11. The van der Waals surface area contributed by atoms with E-state index in [9.17, 15) is 5.11 Å². The van der Waals surface area contributed by atoms with Gasteiger partial charge in [-0.25, -0.2) is 0 Å². The van der Waals surface area contributed by atoms with Gasteiger partial charge in [0.05, 0.1) is 6.61 Å². The summed E-state index contributed by atoms with van der Waals surface area (Å²) >= 11 is 0. The molecule has 0 saturated heterocycles. The van der Waals surface area contributed by atoms with Gasteiger partial charge in [-0.05, 0) is 24.1 Å². The van der Waals surface area contributed by atoms with Crippen LogP contribution in [0.15, 0.2) is 60.7 Å². The molecule has 2 unspecified atom stereocenters. The Morgan fingerprint density at radius 2 is 1.75 bits per heavy atom. The van der Waals surface area contributed by atoms with Crippen molar-refractivity contribution >= 4 is 6.08 Å². The number of hydrogen-bond acceptors (Lipinski definition) is 2. The largest absolute Gasteiger partial charge is 0.485 e. The molecule has 1 heterocycles. The van der Waals surface area contributed by atoms with E-state index in [0.717, 1.165) is 17.7 Å². The van der Waals surface area contributed by atoms with E-state index in [0.29, 0.717) is 0 Å². The lowest BCUT2D eigenvalue weighted by atomic mass is 9.92. The van der Waals surface area contributed by atoms with Crippen LogP contribution in [0, 0.1) is 5.92 Å². The summed E-state index contributed by atoms with van der Waals surface area (Å²) in [6.07, 6.45) is 4.87. The molecule has 2 atom stereocenters. The molecule has 20 heavy (non-hydrogen) atoms. The van der Waals surface area contributed by atoms with E-state index >= 15 is 0 Å². The molecule has 2 heteroatoms. The Morgan fingerprint density at radius 1 is 1.00 bits per heavy atom. The third-order valence-electron chi connectivity index (χ3n) is 3.69. The van der Waals surface area contributed by atoms with E-state index in [2.05, 4.69) is 18.2 Å². The second-order valence-corrected chi connectivity index (χ2v) is 5.11. The minimum atomic E-state index is -0.0740. The average Bonchev–Trinajstić information content (AvgIpc) is 2.53. The molecule has 102 valence electrons. The minimum absolute atomic E-state index is 0.0713. The highest BCUT2D eigenvalue weighted by Gasteiger charge is 2.23. The molecule has 2 aromatic rings. The Hall–Kier alpha value is -2.06. The smallest absolute Gasteiger partial charge is 0.127 e. The fraction of sp³-hybridized carbons (Fsp3) is 0.222. The van der Waals surface area contributed by atoms with Crippen LogP contribution in [-0.4, -0.2) is 17.8 Å². The predicted octanol–water partition coefficient (Wildman–Crippen LogP) is 3.31. The molecule has 0 radical (unpaired) electrons. The van der Waals surface area contributed by atoms with Gasteiger partial charge in [-0.1, -0.05) is 54.6 Å². The summed E-state index contributed by atoms with van der Waals surface area (Å²) in [5.41, 5.74) is 2.32. The highest BCUT2D eigenvalue weighted by atomic mass is 16.5. The Morgan fingerprint density at radius 3 is 2.55 bits per heavy atom. The van der Waals surface area contributed by atoms with Crippen molar-refractivity contribution < 1.29 is 9.84 Å². The van der Waals surface area contributed by atoms with Crippen LogP contribution in [0.1, 0.15) is 11.1 Å². The molecule has 3 rings (SSSR count). The summed E-state index contributed by atoms with van der Waals surface area (Å²) in [5, 5.41) is 9.67. The van der Waals surface area contributed by atoms with Crippen LogP contribution >= 0.6 is 0 Å². The molecule has 1 N–H and O–H groups in total. The molecule has 0 fully saturated rings. The third kappa shape index (κ3) is 2.75. The van der Waals surface area contributed by atoms with Gasteiger partial charge in [-0.2, -0.15) is 0 Å². The lowest BCUT2D eigenvalue weighted by molar-refractivity contribution is 0.116. The standard InChI is InChI=1S/C18H18O2/c19-13-16(12-14-6-2-1-3-7-14)18-11-10-15-8-4-5-9-17(15)20-18/h1-11,16,18-19H,12-13H2. The van der Waals surface area contributed by atoms with E-state index < -0.39 is 0 Å². The van der Waals surface area contributed by atoms with E-state index in [1.807, 2.05) is 48.5 Å². The van der Waals surface area contributed by atoms with Crippen LogP contribution in [0.4, 0.5) is 0 Å². The number of para-hydroxylation sites is 1. The average molecular weight is 266 g/mol. The topological polar surface area (TPSA) is 29.5 Å². The number of fused-ring (bicyclic) bond motifs is 1. The van der Waals surface area contributed by atoms with Crippen molar-refractivity contribution in [2.75, 3.05) is 6.61 Å². The number of hydrogen-bond donors (Lipinski definition) is 1. The van der Waals surface area contributed by atoms with Crippen molar-refractivity contribution in [2.24, 2.45) is 5.92 Å². The summed E-state index contributed by atoms with van der Waals surface area (Å²) in [7, 11) is 0. The molecule has 1 aliphatic heterocycles. The lowest BCUT2D eigenvalue weighted by Gasteiger charge is -2.27. The molecular weight excluding hydrogens is 248 g/mol. The maximum atomic E-state index is 9.67. The zero-order valence-corrected chi connectivity index (χ0v) is 11.3. The third-order valence-corrected chi connectivity index (χ3v) is 3.69. The summed E-state index contributed by atoms with van der Waals surface area (Å²) in [4.78, 5) is 0. The first-order valence-corrected chi connectivity index (χ1v) is 6.95. The van der Waals surface area contributed by atoms with Crippen molar-refractivity contribution in [2.45, 2.75) is 12.5 Å². The van der Waals surface area contributed by atoms with Gasteiger partial charge >= 0.3 is 0 Å². The Bertz CT molecular complexity index is 589. The van der Waals surface area contributed by atoms with Crippen LogP contribution in [0.3, 0.4) is 0 Å². The highest BCUT2D eigenvalue weighted by molar-refractivity contribution is 5.59. The monoisotopic (exact) mass is 266 g/mol. The highest BCUT2D eigenvalue weighted by Crippen LogP contribution is 2.29. The number of aliphatic hydroxyl groups excluding tert-OH is 1. The van der Waals surface area contributed by atoms with Crippen LogP contribution in [0.5, 0.6) is 5.75 Å². The first kappa shape index (κ1) is 12.9. The van der Waals surface area contributed by atoms with E-state index in [1.165, 1.54) is 5.56 Å². The van der Waals surface area contributed by atoms with Crippen LogP contribution in [0.2, 0.25) is 0 Å². The fourth-order valence-electron chi connectivity index (χ4n) is 2.56. The summed E-state index contributed by atoms with van der Waals surface area (Å²) in [5.74, 6) is 0.966. The fourth-order valence-corrected chi connectivity index (χ4v) is 2.56. The van der Waals surface area contributed by atoms with Crippen molar-refractivity contribution in [1.29, 1.82) is 0 Å². The number of benzene rings is 2. The maximum absolute atomic E-state index is 9.67. The van der Waals surface area contributed by atoms with E-state index in [4.69, 9.17) is 4.74 Å². The van der Waals surface area contributed by atoms with E-state index in [-0.39, 0.29) is 18.6 Å². The zero-order chi connectivity index (χ0) is 13.8. The predicted molar refractivity (Wildman–Crippen MR) is 80.6 cm³/mol. The van der Waals surface area contributed by atoms with Gasteiger partial charge < -0.3 is 9.84 Å². The molecule has 0 aliphatic carbocycles. The Labute approximate surface area is 119 Å². The van der Waals surface area contributed by atoms with Gasteiger partial charge in [0.25, 0.3) is 0 Å². The molecule has 1 aliphatic rings. The number of ether oxygens (including phenoxy) is 1. The van der Waals surface area contributed by atoms with Crippen molar-refractivity contribution in [3.05, 3.63) is 71.8 Å². The van der Waals surface area contributed by atoms with Gasteiger partial charge in [-0.15, -0.1) is 0 Å². The molecule has 2 aromatic carbocycles. The summed E-state index contributed by atoms with van der Waals surface area (Å²) in [6.45, 7) is 0.117. The van der Waals surface area contributed by atoms with Crippen LogP contribution < -0.4 is 4.74 Å². The summed E-state index contributed by atoms with van der Waals surface area (Å²) < 4.78 is 6.01. The van der Waals surface area contributed by atoms with E-state index in [1.54, 1.807) is 0 Å². The van der Waals surface area contributed by atoms with Gasteiger partial charge in [0, 0.05) is 11.5 Å². The molecular formula is C18H18O2. The first-order valence-electron chi connectivity index (χ1n) is 6.95. The quantitative estimate of drug-likeness (QED) is 0.920. The molecule has 0 saturated carbocycles. The normalized spacial score (nSPS) is 18.1. The maximum Gasteiger partial charge on any atom is 0.127 e. The molecule has 0 spiro atoms. The van der Waals surface area contributed by atoms with Crippen molar-refractivity contribution in [3.63, 3.8) is 0 Å². The van der Waals surface area contributed by atoms with Crippen LogP contribution in [-0.2, 0) is 6.42 Å². The Kier molecular flexibility index (Phi) is 3.84.